The van der Waals surface area contributed by atoms with Gasteiger partial charge in [0.1, 0.15) is 17.2 Å². The van der Waals surface area contributed by atoms with Crippen LogP contribution in [0, 0.1) is 0 Å². The Morgan fingerprint density at radius 3 is 2.37 bits per heavy atom. The van der Waals surface area contributed by atoms with Crippen LogP contribution in [-0.4, -0.2) is 38.5 Å². The summed E-state index contributed by atoms with van der Waals surface area (Å²) in [5.41, 5.74) is 2.05. The molecule has 35 heavy (non-hydrogen) atoms. The number of methoxy groups -OCH3 is 3. The Morgan fingerprint density at radius 1 is 1.06 bits per heavy atom. The summed E-state index contributed by atoms with van der Waals surface area (Å²) < 4.78 is 23.4. The molecule has 0 aliphatic carbocycles. The third kappa shape index (κ3) is 4.59. The van der Waals surface area contributed by atoms with Gasteiger partial charge in [0.2, 0.25) is 0 Å². The number of benzene rings is 2. The molecule has 0 amide bonds. The van der Waals surface area contributed by atoms with Gasteiger partial charge in [-0.1, -0.05) is 23.5 Å². The van der Waals surface area contributed by atoms with Gasteiger partial charge in [-0.2, -0.15) is 0 Å². The fourth-order valence-electron chi connectivity index (χ4n) is 3.97. The van der Waals surface area contributed by atoms with Crippen LogP contribution in [0.3, 0.4) is 0 Å². The first-order valence-electron chi connectivity index (χ1n) is 11.0. The second-order valence-electron chi connectivity index (χ2n) is 7.68. The van der Waals surface area contributed by atoms with Crippen LogP contribution in [0.4, 0.5) is 0 Å². The van der Waals surface area contributed by atoms with E-state index in [2.05, 4.69) is 4.99 Å². The molecule has 1 aromatic heterocycles. The Kier molecular flexibility index (Phi) is 7.07. The van der Waals surface area contributed by atoms with Crippen molar-refractivity contribution in [2.75, 3.05) is 27.9 Å². The van der Waals surface area contributed by atoms with Gasteiger partial charge in [-0.05, 0) is 49.8 Å². The summed E-state index contributed by atoms with van der Waals surface area (Å²) in [5, 5.41) is 0. The topological polar surface area (TPSA) is 88.4 Å². The number of rotatable bonds is 7. The first-order chi connectivity index (χ1) is 16.9. The summed E-state index contributed by atoms with van der Waals surface area (Å²) in [6, 6.07) is 12.0. The van der Waals surface area contributed by atoms with Crippen molar-refractivity contribution in [2.24, 2.45) is 4.99 Å². The average Bonchev–Trinajstić information content (AvgIpc) is 3.17. The number of allylic oxidation sites excluding steroid dienone is 1. The highest BCUT2D eigenvalue weighted by molar-refractivity contribution is 7.07. The molecule has 2 heterocycles. The smallest absolute Gasteiger partial charge is 0.338 e. The molecule has 2 aromatic carbocycles. The van der Waals surface area contributed by atoms with Gasteiger partial charge >= 0.3 is 5.97 Å². The van der Waals surface area contributed by atoms with E-state index in [1.54, 1.807) is 70.1 Å². The zero-order chi connectivity index (χ0) is 25.1. The minimum Gasteiger partial charge on any atom is -0.497 e. The second kappa shape index (κ2) is 10.2. The average molecular weight is 495 g/mol. The van der Waals surface area contributed by atoms with Gasteiger partial charge < -0.3 is 18.9 Å². The zero-order valence-corrected chi connectivity index (χ0v) is 21.0. The maximum absolute atomic E-state index is 13.7. The number of carbonyl (C=O) groups excluding carboxylic acids is 1. The molecule has 0 fully saturated rings. The summed E-state index contributed by atoms with van der Waals surface area (Å²) in [7, 11) is 4.72. The van der Waals surface area contributed by atoms with Crippen LogP contribution in [0.1, 0.15) is 31.0 Å². The number of carbonyl (C=O) groups is 1. The van der Waals surface area contributed by atoms with Crippen molar-refractivity contribution in [1.29, 1.82) is 0 Å². The first-order valence-corrected chi connectivity index (χ1v) is 11.8. The lowest BCUT2D eigenvalue weighted by atomic mass is 9.96. The highest BCUT2D eigenvalue weighted by atomic mass is 32.1. The minimum atomic E-state index is -0.684. The number of hydrogen-bond donors (Lipinski definition) is 0. The van der Waals surface area contributed by atoms with Crippen molar-refractivity contribution in [3.05, 3.63) is 84.5 Å². The van der Waals surface area contributed by atoms with E-state index < -0.39 is 12.0 Å². The number of ether oxygens (including phenoxy) is 4. The van der Waals surface area contributed by atoms with Gasteiger partial charge in [0, 0.05) is 11.6 Å². The predicted molar refractivity (Wildman–Crippen MR) is 133 cm³/mol. The largest absolute Gasteiger partial charge is 0.497 e. The molecule has 1 unspecified atom stereocenters. The third-order valence-electron chi connectivity index (χ3n) is 5.68. The highest BCUT2D eigenvalue weighted by Crippen LogP contribution is 2.31. The van der Waals surface area contributed by atoms with Gasteiger partial charge in [0.25, 0.3) is 5.56 Å². The molecule has 4 rings (SSSR count). The second-order valence-corrected chi connectivity index (χ2v) is 8.69. The van der Waals surface area contributed by atoms with E-state index in [9.17, 15) is 9.59 Å². The fourth-order valence-corrected chi connectivity index (χ4v) is 5.01. The Bertz CT molecular complexity index is 1470. The number of thiazole rings is 1. The van der Waals surface area contributed by atoms with Crippen LogP contribution in [0.5, 0.6) is 17.2 Å². The molecule has 8 nitrogen and oxygen atoms in total. The van der Waals surface area contributed by atoms with Crippen LogP contribution < -0.4 is 29.1 Å². The molecule has 1 atom stereocenters. The Morgan fingerprint density at radius 2 is 1.74 bits per heavy atom. The van der Waals surface area contributed by atoms with E-state index >= 15 is 0 Å². The molecule has 3 aromatic rings. The molecular formula is C26H26N2O6S. The van der Waals surface area contributed by atoms with Crippen molar-refractivity contribution in [1.82, 2.24) is 4.57 Å². The number of aromatic nitrogens is 1. The van der Waals surface area contributed by atoms with Gasteiger partial charge in [-0.15, -0.1) is 0 Å². The summed E-state index contributed by atoms with van der Waals surface area (Å²) >= 11 is 1.25. The maximum Gasteiger partial charge on any atom is 0.338 e. The van der Waals surface area contributed by atoms with Crippen LogP contribution in [0.2, 0.25) is 0 Å². The molecule has 0 spiro atoms. The van der Waals surface area contributed by atoms with Gasteiger partial charge in [0.15, 0.2) is 4.80 Å². The normalized spacial score (nSPS) is 15.3. The Labute approximate surface area is 206 Å². The molecule has 0 saturated heterocycles. The molecule has 1 aliphatic rings. The van der Waals surface area contributed by atoms with Crippen LogP contribution in [0.25, 0.3) is 6.08 Å². The van der Waals surface area contributed by atoms with E-state index in [0.717, 1.165) is 11.1 Å². The molecule has 0 saturated carbocycles. The number of hydrogen-bond acceptors (Lipinski definition) is 8. The van der Waals surface area contributed by atoms with E-state index in [0.29, 0.717) is 37.9 Å². The van der Waals surface area contributed by atoms with E-state index in [1.807, 2.05) is 18.2 Å². The van der Waals surface area contributed by atoms with Crippen LogP contribution >= 0.6 is 11.3 Å². The van der Waals surface area contributed by atoms with Crippen molar-refractivity contribution >= 4 is 23.4 Å². The number of esters is 1. The lowest BCUT2D eigenvalue weighted by Gasteiger charge is -2.24. The fraction of sp³-hybridized carbons (Fsp3) is 0.269. The zero-order valence-electron chi connectivity index (χ0n) is 20.2. The maximum atomic E-state index is 13.7. The summed E-state index contributed by atoms with van der Waals surface area (Å²) in [6.07, 6.45) is 1.76. The summed E-state index contributed by atoms with van der Waals surface area (Å²) in [5.74, 6) is 1.40. The summed E-state index contributed by atoms with van der Waals surface area (Å²) in [4.78, 5) is 31.8. The number of fused-ring (bicyclic) bond motifs is 1. The van der Waals surface area contributed by atoms with Crippen molar-refractivity contribution < 1.29 is 23.7 Å². The van der Waals surface area contributed by atoms with Crippen molar-refractivity contribution in [2.45, 2.75) is 19.9 Å². The quantitative estimate of drug-likeness (QED) is 0.470. The first kappa shape index (κ1) is 24.3. The van der Waals surface area contributed by atoms with Gasteiger partial charge in [-0.25, -0.2) is 9.79 Å². The molecule has 0 bridgehead atoms. The lowest BCUT2D eigenvalue weighted by Crippen LogP contribution is -2.39. The van der Waals surface area contributed by atoms with E-state index in [-0.39, 0.29) is 12.2 Å². The highest BCUT2D eigenvalue weighted by Gasteiger charge is 2.33. The lowest BCUT2D eigenvalue weighted by molar-refractivity contribution is -0.139. The standard InChI is InChI=1S/C26H26N2O6S/c1-6-34-25(30)22-15(2)27-26-28(23(22)16-7-10-18(31-3)11-8-16)24(29)21(35-26)13-17-9-12-19(32-4)14-20(17)33-5/h7-14,23H,6H2,1-5H3/b21-13-. The molecule has 9 heteroatoms. The summed E-state index contributed by atoms with van der Waals surface area (Å²) in [6.45, 7) is 3.71. The monoisotopic (exact) mass is 494 g/mol. The number of nitrogens with zero attached hydrogens (tertiary/aromatic N) is 2. The molecule has 0 N–H and O–H groups in total. The van der Waals surface area contributed by atoms with Gasteiger partial charge in [-0.3, -0.25) is 9.36 Å². The Hall–Kier alpha value is -3.85. The minimum absolute atomic E-state index is 0.215. The van der Waals surface area contributed by atoms with Gasteiger partial charge in [0.05, 0.1) is 49.8 Å². The van der Waals surface area contributed by atoms with E-state index in [4.69, 9.17) is 18.9 Å². The molecule has 1 aliphatic heterocycles. The molecule has 0 radical (unpaired) electrons. The van der Waals surface area contributed by atoms with Crippen LogP contribution in [-0.2, 0) is 9.53 Å². The molecular weight excluding hydrogens is 468 g/mol. The predicted octanol–water partition coefficient (Wildman–Crippen LogP) is 2.82. The van der Waals surface area contributed by atoms with E-state index in [1.165, 1.54) is 11.3 Å². The Balaban J connectivity index is 1.93. The van der Waals surface area contributed by atoms with Crippen LogP contribution in [0.15, 0.2) is 63.5 Å². The van der Waals surface area contributed by atoms with Crippen molar-refractivity contribution in [3.8, 4) is 17.2 Å². The van der Waals surface area contributed by atoms with Crippen molar-refractivity contribution in [3.63, 3.8) is 0 Å². The SMILES string of the molecule is CCOC(=O)C1=C(C)N=c2s/c(=C\c3ccc(OC)cc3OC)c(=O)n2C1c1ccc(OC)cc1. The third-order valence-corrected chi connectivity index (χ3v) is 6.66. The molecule has 182 valence electrons.